The lowest BCUT2D eigenvalue weighted by molar-refractivity contribution is 0.670. The summed E-state index contributed by atoms with van der Waals surface area (Å²) in [5, 5.41) is 2.25. The molecule has 0 unspecified atom stereocenters. The SMILES string of the molecule is C1=C(c2nc(-c3ccc(-c4ccccc4)cc3)nc(-c3ccc(-c4ccccc4)cc3)n2)C=C(c2cccc3oc4c(-c5ccccc5)cccc4c23)CC1. The van der Waals surface area contributed by atoms with Crippen molar-refractivity contribution in [3.8, 4) is 56.2 Å². The van der Waals surface area contributed by atoms with Gasteiger partial charge in [-0.2, -0.15) is 0 Å². The van der Waals surface area contributed by atoms with Crippen LogP contribution in [0, 0.1) is 0 Å². The predicted molar refractivity (Wildman–Crippen MR) is 226 cm³/mol. The van der Waals surface area contributed by atoms with E-state index in [0.29, 0.717) is 17.5 Å². The molecule has 1 aliphatic carbocycles. The molecule has 2 aromatic heterocycles. The topological polar surface area (TPSA) is 51.8 Å². The molecule has 2 heterocycles. The minimum Gasteiger partial charge on any atom is -0.455 e. The Morgan fingerprint density at radius 2 is 0.891 bits per heavy atom. The summed E-state index contributed by atoms with van der Waals surface area (Å²) in [4.78, 5) is 15.4. The third kappa shape index (κ3) is 6.24. The Bertz CT molecular complexity index is 2770. The number of allylic oxidation sites excluding steroid dienone is 4. The molecule has 0 amide bonds. The summed E-state index contributed by atoms with van der Waals surface area (Å²) in [6.07, 6.45) is 6.29. The molecule has 0 atom stereocenters. The van der Waals surface area contributed by atoms with E-state index in [4.69, 9.17) is 19.4 Å². The van der Waals surface area contributed by atoms with Gasteiger partial charge in [0.25, 0.3) is 0 Å². The lowest BCUT2D eigenvalue weighted by Gasteiger charge is -2.16. The van der Waals surface area contributed by atoms with Crippen LogP contribution in [0.1, 0.15) is 24.2 Å². The number of furan rings is 1. The Balaban J connectivity index is 1.07. The molecule has 0 spiro atoms. The van der Waals surface area contributed by atoms with Crippen LogP contribution in [-0.4, -0.2) is 15.0 Å². The molecular weight excluding hydrogens is 671 g/mol. The van der Waals surface area contributed by atoms with Gasteiger partial charge in [0, 0.05) is 33.0 Å². The largest absolute Gasteiger partial charge is 0.455 e. The van der Waals surface area contributed by atoms with Gasteiger partial charge in [-0.1, -0.05) is 176 Å². The van der Waals surface area contributed by atoms with E-state index in [-0.39, 0.29) is 0 Å². The van der Waals surface area contributed by atoms with Gasteiger partial charge < -0.3 is 4.42 Å². The van der Waals surface area contributed by atoms with Gasteiger partial charge in [-0.15, -0.1) is 0 Å². The normalized spacial score (nSPS) is 12.8. The molecular formula is C51H35N3O. The summed E-state index contributed by atoms with van der Waals surface area (Å²) in [5.74, 6) is 1.95. The monoisotopic (exact) mass is 705 g/mol. The molecule has 260 valence electrons. The highest BCUT2D eigenvalue weighted by Gasteiger charge is 2.20. The summed E-state index contributed by atoms with van der Waals surface area (Å²) < 4.78 is 6.61. The first-order chi connectivity index (χ1) is 27.2. The molecule has 0 N–H and O–H groups in total. The smallest absolute Gasteiger partial charge is 0.164 e. The standard InChI is InChI=1S/C51H35N3O/c1-4-13-34(14-5-1)36-25-29-39(30-26-36)49-52-50(40-31-27-37(28-32-40)35-15-6-2-7-16-35)54-51(53-49)42-20-10-19-41(33-42)43-21-12-24-46-47(43)45-23-11-22-44(48(45)55-46)38-17-8-3-9-18-38/h1-9,11-18,20-33H,10,19H2. The Kier molecular flexibility index (Phi) is 8.27. The van der Waals surface area contributed by atoms with Crippen molar-refractivity contribution in [3.05, 3.63) is 199 Å². The summed E-state index contributed by atoms with van der Waals surface area (Å²) in [7, 11) is 0. The first-order valence-electron chi connectivity index (χ1n) is 18.7. The maximum Gasteiger partial charge on any atom is 0.164 e. The summed E-state index contributed by atoms with van der Waals surface area (Å²) in [5.41, 5.74) is 13.9. The van der Waals surface area contributed by atoms with Crippen LogP contribution in [-0.2, 0) is 0 Å². The molecule has 4 heteroatoms. The van der Waals surface area contributed by atoms with E-state index >= 15 is 0 Å². The van der Waals surface area contributed by atoms with Crippen molar-refractivity contribution < 1.29 is 4.42 Å². The second kappa shape index (κ2) is 14.0. The molecule has 10 rings (SSSR count). The molecule has 4 nitrogen and oxygen atoms in total. The fourth-order valence-electron chi connectivity index (χ4n) is 7.68. The molecule has 9 aromatic rings. The average Bonchev–Trinajstić information content (AvgIpc) is 3.67. The molecule has 1 aliphatic rings. The second-order valence-electron chi connectivity index (χ2n) is 13.9. The summed E-state index contributed by atoms with van der Waals surface area (Å²) in [6.45, 7) is 0. The van der Waals surface area contributed by atoms with Gasteiger partial charge in [0.05, 0.1) is 0 Å². The van der Waals surface area contributed by atoms with Crippen molar-refractivity contribution in [1.82, 2.24) is 15.0 Å². The molecule has 0 saturated carbocycles. The predicted octanol–water partition coefficient (Wildman–Crippen LogP) is 13.4. The van der Waals surface area contributed by atoms with Crippen LogP contribution in [0.4, 0.5) is 0 Å². The van der Waals surface area contributed by atoms with Crippen LogP contribution in [0.5, 0.6) is 0 Å². The molecule has 0 fully saturated rings. The van der Waals surface area contributed by atoms with Crippen LogP contribution in [0.3, 0.4) is 0 Å². The Morgan fingerprint density at radius 3 is 1.49 bits per heavy atom. The molecule has 0 saturated heterocycles. The Morgan fingerprint density at radius 1 is 0.400 bits per heavy atom. The van der Waals surface area contributed by atoms with Gasteiger partial charge in [0.15, 0.2) is 17.5 Å². The number of hydrogen-bond acceptors (Lipinski definition) is 4. The number of hydrogen-bond donors (Lipinski definition) is 0. The summed E-state index contributed by atoms with van der Waals surface area (Å²) in [6, 6.07) is 61.1. The van der Waals surface area contributed by atoms with Crippen LogP contribution in [0.15, 0.2) is 192 Å². The van der Waals surface area contributed by atoms with Crippen molar-refractivity contribution in [1.29, 1.82) is 0 Å². The van der Waals surface area contributed by atoms with Gasteiger partial charge in [0.1, 0.15) is 11.2 Å². The van der Waals surface area contributed by atoms with Gasteiger partial charge in [0.2, 0.25) is 0 Å². The van der Waals surface area contributed by atoms with Gasteiger partial charge >= 0.3 is 0 Å². The Labute approximate surface area is 319 Å². The van der Waals surface area contributed by atoms with Gasteiger partial charge in [-0.25, -0.2) is 15.0 Å². The lowest BCUT2D eigenvalue weighted by Crippen LogP contribution is -2.04. The van der Waals surface area contributed by atoms with Crippen molar-refractivity contribution in [2.24, 2.45) is 0 Å². The number of rotatable bonds is 7. The first kappa shape index (κ1) is 32.5. The first-order valence-corrected chi connectivity index (χ1v) is 18.7. The minimum absolute atomic E-state index is 0.643. The molecule has 55 heavy (non-hydrogen) atoms. The number of fused-ring (bicyclic) bond motifs is 3. The highest BCUT2D eigenvalue weighted by atomic mass is 16.3. The lowest BCUT2D eigenvalue weighted by atomic mass is 9.90. The van der Waals surface area contributed by atoms with E-state index in [1.807, 2.05) is 18.2 Å². The maximum atomic E-state index is 6.61. The summed E-state index contributed by atoms with van der Waals surface area (Å²) >= 11 is 0. The van der Waals surface area contributed by atoms with E-state index in [0.717, 1.165) is 73.7 Å². The zero-order valence-corrected chi connectivity index (χ0v) is 30.1. The molecule has 7 aromatic carbocycles. The van der Waals surface area contributed by atoms with Crippen LogP contribution < -0.4 is 0 Å². The minimum atomic E-state index is 0.643. The van der Waals surface area contributed by atoms with E-state index in [2.05, 4.69) is 170 Å². The Hall–Kier alpha value is -7.17. The molecule has 0 aliphatic heterocycles. The fraction of sp³-hybridized carbons (Fsp3) is 0.0392. The number of para-hydroxylation sites is 1. The van der Waals surface area contributed by atoms with Crippen molar-refractivity contribution in [2.45, 2.75) is 12.8 Å². The van der Waals surface area contributed by atoms with Crippen molar-refractivity contribution >= 4 is 33.1 Å². The number of aromatic nitrogens is 3. The molecule has 0 radical (unpaired) electrons. The quantitative estimate of drug-likeness (QED) is 0.166. The number of benzene rings is 7. The third-order valence-electron chi connectivity index (χ3n) is 10.5. The number of nitrogens with zero attached hydrogens (tertiary/aromatic N) is 3. The zero-order valence-electron chi connectivity index (χ0n) is 30.1. The van der Waals surface area contributed by atoms with Crippen LogP contribution in [0.2, 0.25) is 0 Å². The highest BCUT2D eigenvalue weighted by Crippen LogP contribution is 2.41. The fourth-order valence-corrected chi connectivity index (χ4v) is 7.68. The second-order valence-corrected chi connectivity index (χ2v) is 13.9. The van der Waals surface area contributed by atoms with Gasteiger partial charge in [-0.05, 0) is 63.9 Å². The molecule has 0 bridgehead atoms. The highest BCUT2D eigenvalue weighted by molar-refractivity contribution is 6.14. The van der Waals surface area contributed by atoms with Crippen LogP contribution in [0.25, 0.3) is 89.2 Å². The van der Waals surface area contributed by atoms with E-state index in [9.17, 15) is 0 Å². The van der Waals surface area contributed by atoms with Crippen molar-refractivity contribution in [2.75, 3.05) is 0 Å². The maximum absolute atomic E-state index is 6.61. The van der Waals surface area contributed by atoms with E-state index in [1.54, 1.807) is 0 Å². The van der Waals surface area contributed by atoms with Crippen LogP contribution >= 0.6 is 0 Å². The third-order valence-corrected chi connectivity index (χ3v) is 10.5. The van der Waals surface area contributed by atoms with E-state index in [1.165, 1.54) is 22.3 Å². The van der Waals surface area contributed by atoms with Gasteiger partial charge in [-0.3, -0.25) is 0 Å². The average molecular weight is 706 g/mol. The van der Waals surface area contributed by atoms with E-state index < -0.39 is 0 Å². The zero-order chi connectivity index (χ0) is 36.6. The van der Waals surface area contributed by atoms with Crippen molar-refractivity contribution in [3.63, 3.8) is 0 Å².